The number of pyridine rings is 1. The molecule has 24 heavy (non-hydrogen) atoms. The van der Waals surface area contributed by atoms with Gasteiger partial charge in [0.25, 0.3) is 0 Å². The molecule has 0 saturated heterocycles. The highest BCUT2D eigenvalue weighted by Gasteiger charge is 2.20. The van der Waals surface area contributed by atoms with Crippen molar-refractivity contribution >= 4 is 23.3 Å². The van der Waals surface area contributed by atoms with E-state index in [2.05, 4.69) is 27.2 Å². The van der Waals surface area contributed by atoms with Crippen LogP contribution in [0.2, 0.25) is 0 Å². The predicted octanol–water partition coefficient (Wildman–Crippen LogP) is 3.72. The van der Waals surface area contributed by atoms with E-state index in [1.54, 1.807) is 30.4 Å². The maximum absolute atomic E-state index is 10.6. The van der Waals surface area contributed by atoms with Gasteiger partial charge >= 0.3 is 0 Å². The first-order valence-corrected chi connectivity index (χ1v) is 8.59. The summed E-state index contributed by atoms with van der Waals surface area (Å²) >= 11 is 1.57. The van der Waals surface area contributed by atoms with Crippen molar-refractivity contribution in [3.05, 3.63) is 65.7 Å². The molecule has 2 N–H and O–H groups in total. The highest BCUT2D eigenvalue weighted by molar-refractivity contribution is 7.99. The molecule has 3 heterocycles. The summed E-state index contributed by atoms with van der Waals surface area (Å²) in [5, 5.41) is 14.8. The number of rotatable bonds is 3. The second kappa shape index (κ2) is 6.22. The molecule has 3 aromatic rings. The van der Waals surface area contributed by atoms with Crippen LogP contribution in [0.4, 0.5) is 11.5 Å². The molecule has 1 atom stereocenters. The number of anilines is 2. The van der Waals surface area contributed by atoms with Gasteiger partial charge in [0.2, 0.25) is 0 Å². The summed E-state index contributed by atoms with van der Waals surface area (Å²) in [4.78, 5) is 14.1. The van der Waals surface area contributed by atoms with Crippen molar-refractivity contribution in [1.82, 2.24) is 15.0 Å². The zero-order valence-corrected chi connectivity index (χ0v) is 13.9. The first kappa shape index (κ1) is 15.1. The summed E-state index contributed by atoms with van der Waals surface area (Å²) < 4.78 is 0. The Balaban J connectivity index is 1.63. The zero-order valence-electron chi connectivity index (χ0n) is 13.1. The number of nitrogens with one attached hydrogen (secondary N) is 1. The maximum atomic E-state index is 10.6. The molecule has 6 heteroatoms. The van der Waals surface area contributed by atoms with Gasteiger partial charge in [0.15, 0.2) is 5.82 Å². The van der Waals surface area contributed by atoms with Crippen LogP contribution < -0.4 is 5.32 Å². The van der Waals surface area contributed by atoms with Crippen molar-refractivity contribution < 1.29 is 5.11 Å². The third kappa shape index (κ3) is 2.74. The van der Waals surface area contributed by atoms with Gasteiger partial charge in [-0.2, -0.15) is 0 Å². The van der Waals surface area contributed by atoms with Crippen molar-refractivity contribution in [3.8, 4) is 0 Å². The summed E-state index contributed by atoms with van der Waals surface area (Å²) in [6.45, 7) is 2.06. The van der Waals surface area contributed by atoms with Gasteiger partial charge in [-0.25, -0.2) is 9.97 Å². The van der Waals surface area contributed by atoms with E-state index < -0.39 is 6.10 Å². The van der Waals surface area contributed by atoms with Crippen LogP contribution in [-0.4, -0.2) is 20.1 Å². The Labute approximate surface area is 144 Å². The zero-order chi connectivity index (χ0) is 16.5. The van der Waals surface area contributed by atoms with Crippen molar-refractivity contribution in [2.45, 2.75) is 29.4 Å². The van der Waals surface area contributed by atoms with Gasteiger partial charge in [-0.1, -0.05) is 30.8 Å². The molecule has 1 unspecified atom stereocenters. The minimum atomic E-state index is -0.705. The lowest BCUT2D eigenvalue weighted by Crippen LogP contribution is -2.06. The van der Waals surface area contributed by atoms with E-state index in [9.17, 15) is 5.11 Å². The third-order valence-electron chi connectivity index (χ3n) is 3.97. The second-order valence-electron chi connectivity index (χ2n) is 5.53. The van der Waals surface area contributed by atoms with Crippen molar-refractivity contribution in [2.24, 2.45) is 0 Å². The molecule has 0 fully saturated rings. The fourth-order valence-electron chi connectivity index (χ4n) is 2.62. The van der Waals surface area contributed by atoms with Gasteiger partial charge in [0.1, 0.15) is 11.1 Å². The minimum Gasteiger partial charge on any atom is -0.384 e. The van der Waals surface area contributed by atoms with Crippen LogP contribution in [0, 0.1) is 0 Å². The Morgan fingerprint density at radius 1 is 1.08 bits per heavy atom. The smallest absolute Gasteiger partial charge is 0.163 e. The molecule has 4 rings (SSSR count). The van der Waals surface area contributed by atoms with Crippen molar-refractivity contribution in [1.29, 1.82) is 0 Å². The highest BCUT2D eigenvalue weighted by Crippen LogP contribution is 2.42. The molecule has 0 aliphatic carbocycles. The summed E-state index contributed by atoms with van der Waals surface area (Å²) in [5.41, 5.74) is 3.56. The van der Waals surface area contributed by atoms with E-state index >= 15 is 0 Å². The van der Waals surface area contributed by atoms with Crippen LogP contribution in [0.15, 0.2) is 58.8 Å². The number of benzene rings is 1. The molecule has 0 bridgehead atoms. The van der Waals surface area contributed by atoms with Crippen LogP contribution in [0.3, 0.4) is 0 Å². The quantitative estimate of drug-likeness (QED) is 0.594. The number of aryl methyl sites for hydroxylation is 1. The van der Waals surface area contributed by atoms with Gasteiger partial charge in [-0.3, -0.25) is 4.98 Å². The number of aliphatic hydroxyl groups excluding tert-OH is 1. The highest BCUT2D eigenvalue weighted by atomic mass is 32.2. The van der Waals surface area contributed by atoms with Gasteiger partial charge < -0.3 is 10.4 Å². The number of aromatic nitrogens is 3. The SMILES string of the molecule is CCc1ccc(C(O)c2ccc3c(c2)Nc2nccnc2S3)cn1. The molecule has 5 nitrogen and oxygen atoms in total. The molecule has 0 spiro atoms. The minimum absolute atomic E-state index is 0.705. The van der Waals surface area contributed by atoms with Crippen LogP contribution in [0.1, 0.15) is 29.8 Å². The van der Waals surface area contributed by atoms with Crippen LogP contribution in [0.25, 0.3) is 0 Å². The van der Waals surface area contributed by atoms with E-state index in [0.29, 0.717) is 0 Å². The van der Waals surface area contributed by atoms with Gasteiger partial charge in [-0.15, -0.1) is 0 Å². The average molecular weight is 336 g/mol. The number of hydrogen-bond donors (Lipinski definition) is 2. The number of aliphatic hydroxyl groups is 1. The molecule has 2 aromatic heterocycles. The monoisotopic (exact) mass is 336 g/mol. The van der Waals surface area contributed by atoms with Gasteiger partial charge in [0, 0.05) is 34.7 Å². The standard InChI is InChI=1S/C18H16N4OS/c1-2-13-5-3-12(10-21-13)16(23)11-4-6-15-14(9-11)22-17-18(24-15)20-8-7-19-17/h3-10,16,23H,2H2,1H3,(H,19,22). The Hall–Kier alpha value is -2.44. The van der Waals surface area contributed by atoms with E-state index in [0.717, 1.165) is 44.7 Å². The van der Waals surface area contributed by atoms with Crippen molar-refractivity contribution in [3.63, 3.8) is 0 Å². The second-order valence-corrected chi connectivity index (χ2v) is 6.56. The fourth-order valence-corrected chi connectivity index (χ4v) is 3.50. The lowest BCUT2D eigenvalue weighted by atomic mass is 10.0. The summed E-state index contributed by atoms with van der Waals surface area (Å²) in [7, 11) is 0. The molecular weight excluding hydrogens is 320 g/mol. The Bertz CT molecular complexity index is 882. The molecule has 0 amide bonds. The molecule has 1 aliphatic heterocycles. The van der Waals surface area contributed by atoms with E-state index in [1.165, 1.54) is 0 Å². The molecule has 1 aliphatic rings. The molecule has 0 radical (unpaired) electrons. The van der Waals surface area contributed by atoms with E-state index in [4.69, 9.17) is 0 Å². The predicted molar refractivity (Wildman–Crippen MR) is 93.6 cm³/mol. The van der Waals surface area contributed by atoms with Gasteiger partial charge in [0.05, 0.1) is 5.69 Å². The largest absolute Gasteiger partial charge is 0.384 e. The Morgan fingerprint density at radius 3 is 2.71 bits per heavy atom. The van der Waals surface area contributed by atoms with Crippen molar-refractivity contribution in [2.75, 3.05) is 5.32 Å². The summed E-state index contributed by atoms with van der Waals surface area (Å²) in [6.07, 6.45) is 5.27. The lowest BCUT2D eigenvalue weighted by molar-refractivity contribution is 0.220. The third-order valence-corrected chi connectivity index (χ3v) is 5.04. The number of fused-ring (bicyclic) bond motifs is 2. The molecule has 0 saturated carbocycles. The maximum Gasteiger partial charge on any atom is 0.163 e. The molecule has 120 valence electrons. The normalized spacial score (nSPS) is 13.6. The van der Waals surface area contributed by atoms with Crippen LogP contribution >= 0.6 is 11.8 Å². The first-order valence-electron chi connectivity index (χ1n) is 7.77. The van der Waals surface area contributed by atoms with E-state index in [1.807, 2.05) is 30.3 Å². The summed E-state index contributed by atoms with van der Waals surface area (Å²) in [6, 6.07) is 9.78. The first-order chi connectivity index (χ1) is 11.7. The lowest BCUT2D eigenvalue weighted by Gasteiger charge is -2.20. The number of hydrogen-bond acceptors (Lipinski definition) is 6. The van der Waals surface area contributed by atoms with Gasteiger partial charge in [-0.05, 0) is 30.2 Å². The Morgan fingerprint density at radius 2 is 1.92 bits per heavy atom. The summed E-state index contributed by atoms with van der Waals surface area (Å²) in [5.74, 6) is 0.746. The van der Waals surface area contributed by atoms with E-state index in [-0.39, 0.29) is 0 Å². The number of nitrogens with zero attached hydrogens (tertiary/aromatic N) is 3. The molecule has 1 aromatic carbocycles. The van der Waals surface area contributed by atoms with Crippen LogP contribution in [0.5, 0.6) is 0 Å². The van der Waals surface area contributed by atoms with Crippen LogP contribution in [-0.2, 0) is 6.42 Å². The topological polar surface area (TPSA) is 70.9 Å². The Kier molecular flexibility index (Phi) is 3.92. The average Bonchev–Trinajstić information content (AvgIpc) is 2.65. The molecular formula is C18H16N4OS. The fraction of sp³-hybridized carbons (Fsp3) is 0.167.